The van der Waals surface area contributed by atoms with Crippen molar-refractivity contribution in [2.45, 2.75) is 48.7 Å². The fourth-order valence-corrected chi connectivity index (χ4v) is 5.75. The van der Waals surface area contributed by atoms with Gasteiger partial charge in [-0.1, -0.05) is 6.07 Å². The summed E-state index contributed by atoms with van der Waals surface area (Å²) in [5, 5.41) is 9.98. The molecule has 2 saturated heterocycles. The molecule has 2 unspecified atom stereocenters. The molecule has 2 bridgehead atoms. The van der Waals surface area contributed by atoms with Crippen molar-refractivity contribution in [2.24, 2.45) is 0 Å². The van der Waals surface area contributed by atoms with E-state index < -0.39 is 15.4 Å². The summed E-state index contributed by atoms with van der Waals surface area (Å²) < 4.78 is 24.1. The lowest BCUT2D eigenvalue weighted by molar-refractivity contribution is 0.0130. The maximum Gasteiger partial charge on any atom is 0.156 e. The first-order valence-electron chi connectivity index (χ1n) is 6.31. The Morgan fingerprint density at radius 1 is 1.28 bits per heavy atom. The zero-order valence-electron chi connectivity index (χ0n) is 10.3. The Bertz CT molecular complexity index is 562. The van der Waals surface area contributed by atoms with Gasteiger partial charge in [0, 0.05) is 5.69 Å². The number of pyridine rings is 1. The minimum Gasteiger partial charge on any atom is -0.383 e. The summed E-state index contributed by atoms with van der Waals surface area (Å²) in [5.74, 6) is 0. The number of fused-ring (bicyclic) bond motifs is 2. The average Bonchev–Trinajstić information content (AvgIpc) is 2.51. The highest BCUT2D eigenvalue weighted by atomic mass is 32.2. The van der Waals surface area contributed by atoms with Gasteiger partial charge >= 0.3 is 0 Å². The van der Waals surface area contributed by atoms with Crippen LogP contribution in [0.4, 0.5) is 0 Å². The molecule has 2 atom stereocenters. The molecule has 0 aromatic carbocycles. The van der Waals surface area contributed by atoms with Gasteiger partial charge in [0.05, 0.1) is 16.2 Å². The maximum atomic E-state index is 12.0. The van der Waals surface area contributed by atoms with Crippen LogP contribution in [0.1, 0.15) is 37.1 Å². The van der Waals surface area contributed by atoms with E-state index in [1.54, 1.807) is 6.07 Å². The Morgan fingerprint density at radius 3 is 2.44 bits per heavy atom. The molecule has 98 valence electrons. The first-order chi connectivity index (χ1) is 8.42. The molecule has 0 radical (unpaired) electrons. The van der Waals surface area contributed by atoms with Crippen molar-refractivity contribution < 1.29 is 13.5 Å². The normalized spacial score (nSPS) is 37.7. The van der Waals surface area contributed by atoms with E-state index in [2.05, 4.69) is 4.98 Å². The summed E-state index contributed by atoms with van der Waals surface area (Å²) in [6.07, 6.45) is 1.95. The van der Waals surface area contributed by atoms with E-state index in [1.165, 1.54) is 0 Å². The van der Waals surface area contributed by atoms with E-state index in [4.69, 9.17) is 0 Å². The highest BCUT2D eigenvalue weighted by Crippen LogP contribution is 2.47. The van der Waals surface area contributed by atoms with Crippen molar-refractivity contribution in [1.29, 1.82) is 0 Å². The third-order valence-electron chi connectivity index (χ3n) is 4.24. The van der Waals surface area contributed by atoms with Crippen molar-refractivity contribution in [3.63, 3.8) is 0 Å². The van der Waals surface area contributed by atoms with Gasteiger partial charge in [0.25, 0.3) is 0 Å². The molecule has 1 N–H and O–H groups in total. The molecule has 2 aliphatic rings. The first-order valence-corrected chi connectivity index (χ1v) is 7.92. The molecule has 0 amide bonds. The van der Waals surface area contributed by atoms with Crippen LogP contribution in [0.15, 0.2) is 18.2 Å². The van der Waals surface area contributed by atoms with Gasteiger partial charge in [-0.3, -0.25) is 4.98 Å². The largest absolute Gasteiger partial charge is 0.383 e. The standard InChI is InChI=1S/C13H17NO3S/c1-9-3-2-4-12(14-9)13(15)7-10-5-6-11(8-13)18(10,16)17/h2-4,10-11,15H,5-8H2,1H3. The zero-order valence-corrected chi connectivity index (χ0v) is 11.2. The molecule has 0 spiro atoms. The van der Waals surface area contributed by atoms with Gasteiger partial charge in [0.2, 0.25) is 0 Å². The smallest absolute Gasteiger partial charge is 0.156 e. The maximum absolute atomic E-state index is 12.0. The van der Waals surface area contributed by atoms with Gasteiger partial charge in [-0.05, 0) is 44.7 Å². The molecule has 2 fully saturated rings. The second-order valence-corrected chi connectivity index (χ2v) is 8.03. The Kier molecular flexibility index (Phi) is 2.54. The van der Waals surface area contributed by atoms with E-state index >= 15 is 0 Å². The molecule has 0 aliphatic carbocycles. The summed E-state index contributed by atoms with van der Waals surface area (Å²) in [5.41, 5.74) is 0.402. The minimum absolute atomic E-state index is 0.294. The van der Waals surface area contributed by atoms with Gasteiger partial charge in [0.15, 0.2) is 9.84 Å². The topological polar surface area (TPSA) is 67.3 Å². The van der Waals surface area contributed by atoms with Crippen LogP contribution in [0.25, 0.3) is 0 Å². The molecular weight excluding hydrogens is 250 g/mol. The predicted octanol–water partition coefficient (Wildman–Crippen LogP) is 1.32. The third kappa shape index (κ3) is 1.68. The second-order valence-electron chi connectivity index (χ2n) is 5.51. The van der Waals surface area contributed by atoms with Crippen molar-refractivity contribution in [3.8, 4) is 0 Å². The number of aliphatic hydroxyl groups is 1. The van der Waals surface area contributed by atoms with E-state index in [-0.39, 0.29) is 10.5 Å². The Labute approximate surface area is 107 Å². The monoisotopic (exact) mass is 267 g/mol. The summed E-state index contributed by atoms with van der Waals surface area (Å²) in [6.45, 7) is 1.88. The van der Waals surface area contributed by atoms with Crippen molar-refractivity contribution >= 4 is 9.84 Å². The number of aryl methyl sites for hydroxylation is 1. The highest BCUT2D eigenvalue weighted by molar-refractivity contribution is 7.93. The van der Waals surface area contributed by atoms with Crippen LogP contribution < -0.4 is 0 Å². The first kappa shape index (κ1) is 12.1. The molecule has 3 heterocycles. The highest BCUT2D eigenvalue weighted by Gasteiger charge is 2.53. The van der Waals surface area contributed by atoms with Crippen LogP contribution in [0.2, 0.25) is 0 Å². The summed E-state index contributed by atoms with van der Waals surface area (Å²) in [4.78, 5) is 4.37. The number of hydrogen-bond acceptors (Lipinski definition) is 4. The number of aromatic nitrogens is 1. The molecule has 1 aromatic rings. The number of rotatable bonds is 1. The van der Waals surface area contributed by atoms with Gasteiger partial charge in [0.1, 0.15) is 5.60 Å². The lowest BCUT2D eigenvalue weighted by Crippen LogP contribution is -2.43. The summed E-state index contributed by atoms with van der Waals surface area (Å²) in [6, 6.07) is 5.53. The predicted molar refractivity (Wildman–Crippen MR) is 67.8 cm³/mol. The van der Waals surface area contributed by atoms with Crippen LogP contribution in [-0.2, 0) is 15.4 Å². The van der Waals surface area contributed by atoms with E-state index in [0.29, 0.717) is 31.4 Å². The fourth-order valence-electron chi connectivity index (χ4n) is 3.26. The van der Waals surface area contributed by atoms with Crippen LogP contribution in [-0.4, -0.2) is 29.0 Å². The zero-order chi connectivity index (χ0) is 13.0. The number of sulfone groups is 1. The lowest BCUT2D eigenvalue weighted by Gasteiger charge is -2.35. The lowest BCUT2D eigenvalue weighted by atomic mass is 9.89. The molecular formula is C13H17NO3S. The Hall–Kier alpha value is -0.940. The van der Waals surface area contributed by atoms with Crippen LogP contribution in [0.3, 0.4) is 0 Å². The van der Waals surface area contributed by atoms with E-state index in [9.17, 15) is 13.5 Å². The van der Waals surface area contributed by atoms with Crippen LogP contribution in [0, 0.1) is 6.92 Å². The molecule has 3 rings (SSSR count). The number of nitrogens with zero attached hydrogens (tertiary/aromatic N) is 1. The number of hydrogen-bond donors (Lipinski definition) is 1. The van der Waals surface area contributed by atoms with Crippen LogP contribution in [0.5, 0.6) is 0 Å². The van der Waals surface area contributed by atoms with Gasteiger partial charge in [-0.15, -0.1) is 0 Å². The van der Waals surface area contributed by atoms with E-state index in [0.717, 1.165) is 5.69 Å². The van der Waals surface area contributed by atoms with Gasteiger partial charge < -0.3 is 5.11 Å². The SMILES string of the molecule is Cc1cccc(C2(O)CC3CCC(C2)S3(=O)=O)n1. The molecule has 2 aliphatic heterocycles. The van der Waals surface area contributed by atoms with Crippen molar-refractivity contribution in [3.05, 3.63) is 29.6 Å². The minimum atomic E-state index is -3.01. The molecule has 4 nitrogen and oxygen atoms in total. The van der Waals surface area contributed by atoms with Crippen molar-refractivity contribution in [2.75, 3.05) is 0 Å². The molecule has 18 heavy (non-hydrogen) atoms. The Morgan fingerprint density at radius 2 is 1.89 bits per heavy atom. The van der Waals surface area contributed by atoms with E-state index in [1.807, 2.05) is 19.1 Å². The summed E-state index contributed by atoms with van der Waals surface area (Å²) in [7, 11) is -3.01. The quantitative estimate of drug-likeness (QED) is 0.833. The second kappa shape index (κ2) is 3.78. The molecule has 5 heteroatoms. The summed E-state index contributed by atoms with van der Waals surface area (Å²) >= 11 is 0. The van der Waals surface area contributed by atoms with Crippen LogP contribution >= 0.6 is 0 Å². The van der Waals surface area contributed by atoms with Crippen molar-refractivity contribution in [1.82, 2.24) is 4.98 Å². The third-order valence-corrected chi connectivity index (χ3v) is 6.90. The molecule has 0 saturated carbocycles. The average molecular weight is 267 g/mol. The van der Waals surface area contributed by atoms with Gasteiger partial charge in [-0.25, -0.2) is 8.42 Å². The van der Waals surface area contributed by atoms with Gasteiger partial charge in [-0.2, -0.15) is 0 Å². The molecule has 1 aromatic heterocycles. The Balaban J connectivity index is 2.00. The fraction of sp³-hybridized carbons (Fsp3) is 0.615.